The second-order valence-corrected chi connectivity index (χ2v) is 10.1. The van der Waals surface area contributed by atoms with Gasteiger partial charge in [0.15, 0.2) is 5.16 Å². The monoisotopic (exact) mass is 456 g/mol. The standard InChI is InChI=1S/C25H36N4O2S/c1-6-29(7-2)22-15-21(25(3,4)5)27-24(28-22)32-17-18-10-8-11-19(14-18)23(30)26-16-20-12-9-13-31-20/h8,10-11,14-15,20H,6-7,9,12-13,16-17H2,1-5H3,(H,26,30). The summed E-state index contributed by atoms with van der Waals surface area (Å²) in [5.41, 5.74) is 2.74. The average Bonchev–Trinajstić information content (AvgIpc) is 3.30. The van der Waals surface area contributed by atoms with E-state index in [4.69, 9.17) is 14.7 Å². The first-order valence-corrected chi connectivity index (χ1v) is 12.5. The zero-order valence-electron chi connectivity index (χ0n) is 20.0. The number of carbonyl (C=O) groups excluding carboxylic acids is 1. The first-order chi connectivity index (χ1) is 15.3. The lowest BCUT2D eigenvalue weighted by Crippen LogP contribution is -2.31. The van der Waals surface area contributed by atoms with Gasteiger partial charge < -0.3 is 15.0 Å². The fraction of sp³-hybridized carbons (Fsp3) is 0.560. The summed E-state index contributed by atoms with van der Waals surface area (Å²) in [7, 11) is 0. The minimum Gasteiger partial charge on any atom is -0.376 e. The number of ether oxygens (including phenoxy) is 1. The Bertz CT molecular complexity index is 903. The molecule has 3 rings (SSSR count). The lowest BCUT2D eigenvalue weighted by molar-refractivity contribution is 0.0857. The van der Waals surface area contributed by atoms with E-state index in [-0.39, 0.29) is 17.4 Å². The smallest absolute Gasteiger partial charge is 0.251 e. The summed E-state index contributed by atoms with van der Waals surface area (Å²) in [6.07, 6.45) is 2.23. The van der Waals surface area contributed by atoms with Crippen LogP contribution in [0.25, 0.3) is 0 Å². The maximum Gasteiger partial charge on any atom is 0.251 e. The van der Waals surface area contributed by atoms with Crippen molar-refractivity contribution >= 4 is 23.5 Å². The molecule has 174 valence electrons. The van der Waals surface area contributed by atoms with Crippen molar-refractivity contribution in [2.75, 3.05) is 31.1 Å². The first kappa shape index (κ1) is 24.5. The number of carbonyl (C=O) groups is 1. The summed E-state index contributed by atoms with van der Waals surface area (Å²) < 4.78 is 5.59. The summed E-state index contributed by atoms with van der Waals surface area (Å²) >= 11 is 1.61. The lowest BCUT2D eigenvalue weighted by atomic mass is 9.92. The van der Waals surface area contributed by atoms with Crippen LogP contribution in [-0.2, 0) is 15.9 Å². The van der Waals surface area contributed by atoms with Crippen LogP contribution in [0.4, 0.5) is 5.82 Å². The molecular formula is C25H36N4O2S. The molecule has 0 spiro atoms. The Kier molecular flexibility index (Phi) is 8.54. The Morgan fingerprint density at radius 1 is 1.22 bits per heavy atom. The molecule has 1 aromatic carbocycles. The Morgan fingerprint density at radius 3 is 2.66 bits per heavy atom. The molecule has 0 radical (unpaired) electrons. The maximum atomic E-state index is 12.6. The van der Waals surface area contributed by atoms with Crippen LogP contribution in [0.1, 0.15) is 69.1 Å². The molecule has 2 aromatic rings. The third-order valence-corrected chi connectivity index (χ3v) is 6.54. The molecule has 32 heavy (non-hydrogen) atoms. The van der Waals surface area contributed by atoms with Crippen molar-refractivity contribution in [1.82, 2.24) is 15.3 Å². The lowest BCUT2D eigenvalue weighted by Gasteiger charge is -2.24. The molecule has 6 nitrogen and oxygen atoms in total. The zero-order valence-corrected chi connectivity index (χ0v) is 20.8. The van der Waals surface area contributed by atoms with Crippen LogP contribution in [0.15, 0.2) is 35.5 Å². The summed E-state index contributed by atoms with van der Waals surface area (Å²) in [5, 5.41) is 3.77. The highest BCUT2D eigenvalue weighted by atomic mass is 32.2. The van der Waals surface area contributed by atoms with E-state index < -0.39 is 0 Å². The SMILES string of the molecule is CCN(CC)c1cc(C(C)(C)C)nc(SCc2cccc(C(=O)NCC3CCCO3)c2)n1. The van der Waals surface area contributed by atoms with E-state index in [2.05, 4.69) is 50.9 Å². The molecule has 0 saturated carbocycles. The Hall–Kier alpha value is -2.12. The van der Waals surface area contributed by atoms with Gasteiger partial charge >= 0.3 is 0 Å². The molecule has 1 N–H and O–H groups in total. The van der Waals surface area contributed by atoms with Crippen LogP contribution in [-0.4, -0.2) is 48.2 Å². The van der Waals surface area contributed by atoms with Gasteiger partial charge in [0.2, 0.25) is 0 Å². The second kappa shape index (κ2) is 11.1. The number of nitrogens with one attached hydrogen (secondary N) is 1. The number of thioether (sulfide) groups is 1. The van der Waals surface area contributed by atoms with Gasteiger partial charge in [0.1, 0.15) is 5.82 Å². The molecule has 1 saturated heterocycles. The highest BCUT2D eigenvalue weighted by Crippen LogP contribution is 2.28. The van der Waals surface area contributed by atoms with Crippen molar-refractivity contribution < 1.29 is 9.53 Å². The summed E-state index contributed by atoms with van der Waals surface area (Å²) in [4.78, 5) is 24.5. The highest BCUT2D eigenvalue weighted by molar-refractivity contribution is 7.98. The minimum absolute atomic E-state index is 0.0536. The molecule has 1 aromatic heterocycles. The van der Waals surface area contributed by atoms with Gasteiger partial charge in [-0.1, -0.05) is 44.7 Å². The van der Waals surface area contributed by atoms with Crippen molar-refractivity contribution in [2.24, 2.45) is 0 Å². The van der Waals surface area contributed by atoms with Crippen molar-refractivity contribution in [3.63, 3.8) is 0 Å². The minimum atomic E-state index is -0.0544. The van der Waals surface area contributed by atoms with Gasteiger partial charge in [-0.3, -0.25) is 4.79 Å². The molecule has 0 aliphatic carbocycles. The van der Waals surface area contributed by atoms with Crippen LogP contribution in [0.5, 0.6) is 0 Å². The van der Waals surface area contributed by atoms with Gasteiger partial charge in [-0.05, 0) is 44.4 Å². The topological polar surface area (TPSA) is 67.4 Å². The summed E-state index contributed by atoms with van der Waals surface area (Å²) in [5.74, 6) is 1.62. The molecule has 1 unspecified atom stereocenters. The van der Waals surface area contributed by atoms with Crippen LogP contribution in [0.3, 0.4) is 0 Å². The van der Waals surface area contributed by atoms with E-state index >= 15 is 0 Å². The second-order valence-electron chi connectivity index (χ2n) is 9.15. The van der Waals surface area contributed by atoms with E-state index in [0.717, 1.165) is 54.8 Å². The third kappa shape index (κ3) is 6.69. The number of amides is 1. The number of nitrogens with zero attached hydrogens (tertiary/aromatic N) is 3. The molecule has 1 fully saturated rings. The number of rotatable bonds is 9. The molecule has 1 atom stereocenters. The molecule has 1 aliphatic rings. The maximum absolute atomic E-state index is 12.6. The first-order valence-electron chi connectivity index (χ1n) is 11.6. The predicted octanol–water partition coefficient (Wildman–Crippen LogP) is 4.82. The fourth-order valence-corrected chi connectivity index (χ4v) is 4.43. The van der Waals surface area contributed by atoms with Crippen LogP contribution in [0, 0.1) is 0 Å². The number of aromatic nitrogens is 2. The van der Waals surface area contributed by atoms with Crippen molar-refractivity contribution in [2.45, 2.75) is 69.9 Å². The van der Waals surface area contributed by atoms with Gasteiger partial charge in [0.05, 0.1) is 11.8 Å². The quantitative estimate of drug-likeness (QED) is 0.431. The molecule has 7 heteroatoms. The highest BCUT2D eigenvalue weighted by Gasteiger charge is 2.20. The van der Waals surface area contributed by atoms with Gasteiger partial charge in [0, 0.05) is 49.0 Å². The normalized spacial score (nSPS) is 16.2. The molecule has 1 aliphatic heterocycles. The predicted molar refractivity (Wildman–Crippen MR) is 132 cm³/mol. The Balaban J connectivity index is 1.69. The van der Waals surface area contributed by atoms with E-state index in [0.29, 0.717) is 17.9 Å². The summed E-state index contributed by atoms with van der Waals surface area (Å²) in [6.45, 7) is 14.0. The zero-order chi connectivity index (χ0) is 23.1. The molecular weight excluding hydrogens is 420 g/mol. The van der Waals surface area contributed by atoms with E-state index in [1.807, 2.05) is 24.3 Å². The van der Waals surface area contributed by atoms with E-state index in [1.165, 1.54) is 0 Å². The fourth-order valence-electron chi connectivity index (χ4n) is 3.64. The van der Waals surface area contributed by atoms with Gasteiger partial charge in [-0.2, -0.15) is 0 Å². The number of hydrogen-bond acceptors (Lipinski definition) is 6. The van der Waals surface area contributed by atoms with Crippen LogP contribution < -0.4 is 10.2 Å². The van der Waals surface area contributed by atoms with E-state index in [1.54, 1.807) is 11.8 Å². The third-order valence-electron chi connectivity index (χ3n) is 5.62. The average molecular weight is 457 g/mol. The Labute approximate surface area is 196 Å². The molecule has 1 amide bonds. The van der Waals surface area contributed by atoms with E-state index in [9.17, 15) is 4.79 Å². The Morgan fingerprint density at radius 2 is 2.00 bits per heavy atom. The largest absolute Gasteiger partial charge is 0.376 e. The van der Waals surface area contributed by atoms with Crippen molar-refractivity contribution in [3.8, 4) is 0 Å². The number of anilines is 1. The number of benzene rings is 1. The van der Waals surface area contributed by atoms with Crippen LogP contribution >= 0.6 is 11.8 Å². The van der Waals surface area contributed by atoms with Gasteiger partial charge in [0.25, 0.3) is 5.91 Å². The van der Waals surface area contributed by atoms with Gasteiger partial charge in [-0.25, -0.2) is 9.97 Å². The molecule has 0 bridgehead atoms. The summed E-state index contributed by atoms with van der Waals surface area (Å²) in [6, 6.07) is 9.90. The van der Waals surface area contributed by atoms with Crippen molar-refractivity contribution in [1.29, 1.82) is 0 Å². The van der Waals surface area contributed by atoms with Crippen LogP contribution in [0.2, 0.25) is 0 Å². The van der Waals surface area contributed by atoms with Gasteiger partial charge in [-0.15, -0.1) is 0 Å². The van der Waals surface area contributed by atoms with Crippen molar-refractivity contribution in [3.05, 3.63) is 47.2 Å². The molecule has 2 heterocycles. The number of hydrogen-bond donors (Lipinski definition) is 1.